The van der Waals surface area contributed by atoms with E-state index < -0.39 is 9.84 Å². The zero-order valence-electron chi connectivity index (χ0n) is 12.1. The molecule has 118 valence electrons. The van der Waals surface area contributed by atoms with Gasteiger partial charge in [-0.2, -0.15) is 0 Å². The average Bonchev–Trinajstić information content (AvgIpc) is 2.50. The largest absolute Gasteiger partial charge is 0.506 e. The van der Waals surface area contributed by atoms with E-state index in [9.17, 15) is 13.5 Å². The molecule has 0 spiro atoms. The Kier molecular flexibility index (Phi) is 3.87. The summed E-state index contributed by atoms with van der Waals surface area (Å²) in [5.74, 6) is -0.00355. The number of phenols is 1. The third-order valence-electron chi connectivity index (χ3n) is 3.36. The van der Waals surface area contributed by atoms with Gasteiger partial charge >= 0.3 is 0 Å². The van der Waals surface area contributed by atoms with E-state index in [1.54, 1.807) is 36.5 Å². The lowest BCUT2D eigenvalue weighted by atomic mass is 10.2. The van der Waals surface area contributed by atoms with Gasteiger partial charge in [-0.05, 0) is 30.3 Å². The molecule has 1 heterocycles. The SMILES string of the molecule is CS(=O)(=O)c1cccc2c(Nc3ccc(O)c(Cl)c3)ccnc12. The predicted molar refractivity (Wildman–Crippen MR) is 91.3 cm³/mol. The van der Waals surface area contributed by atoms with Crippen molar-refractivity contribution in [3.8, 4) is 5.75 Å². The molecular formula is C16H13ClN2O3S. The number of rotatable bonds is 3. The summed E-state index contributed by atoms with van der Waals surface area (Å²) in [5.41, 5.74) is 1.78. The monoisotopic (exact) mass is 348 g/mol. The van der Waals surface area contributed by atoms with Crippen LogP contribution in [-0.2, 0) is 9.84 Å². The van der Waals surface area contributed by atoms with Crippen molar-refractivity contribution in [2.75, 3.05) is 11.6 Å². The zero-order valence-corrected chi connectivity index (χ0v) is 13.7. The van der Waals surface area contributed by atoms with Crippen molar-refractivity contribution in [2.45, 2.75) is 4.90 Å². The maximum atomic E-state index is 11.9. The molecule has 23 heavy (non-hydrogen) atoms. The molecule has 0 amide bonds. The molecule has 0 saturated carbocycles. The fourth-order valence-electron chi connectivity index (χ4n) is 2.30. The number of nitrogens with zero attached hydrogens (tertiary/aromatic N) is 1. The molecule has 2 N–H and O–H groups in total. The van der Waals surface area contributed by atoms with Crippen LogP contribution in [0.15, 0.2) is 53.6 Å². The molecule has 0 atom stereocenters. The van der Waals surface area contributed by atoms with Crippen molar-refractivity contribution in [2.24, 2.45) is 0 Å². The summed E-state index contributed by atoms with van der Waals surface area (Å²) in [5, 5.41) is 13.5. The van der Waals surface area contributed by atoms with Crippen LogP contribution in [0.4, 0.5) is 11.4 Å². The predicted octanol–water partition coefficient (Wildman–Crippen LogP) is 3.74. The van der Waals surface area contributed by atoms with E-state index >= 15 is 0 Å². The lowest BCUT2D eigenvalue weighted by Crippen LogP contribution is -2.00. The van der Waals surface area contributed by atoms with Gasteiger partial charge in [-0.1, -0.05) is 23.7 Å². The number of aromatic hydroxyl groups is 1. The standard InChI is InChI=1S/C16H13ClN2O3S/c1-23(21,22)15-4-2-3-11-13(7-8-18-16(11)15)19-10-5-6-14(20)12(17)9-10/h2-9,20H,1H3,(H,18,19). The molecule has 5 nitrogen and oxygen atoms in total. The van der Waals surface area contributed by atoms with E-state index in [0.29, 0.717) is 22.3 Å². The third kappa shape index (κ3) is 3.09. The summed E-state index contributed by atoms with van der Waals surface area (Å²) in [6.07, 6.45) is 2.70. The smallest absolute Gasteiger partial charge is 0.177 e. The van der Waals surface area contributed by atoms with Crippen LogP contribution in [0.2, 0.25) is 5.02 Å². The number of sulfone groups is 1. The number of hydrogen-bond donors (Lipinski definition) is 2. The summed E-state index contributed by atoms with van der Waals surface area (Å²) < 4.78 is 23.8. The Morgan fingerprint density at radius 2 is 1.96 bits per heavy atom. The summed E-state index contributed by atoms with van der Waals surface area (Å²) >= 11 is 5.90. The molecule has 2 aromatic carbocycles. The van der Waals surface area contributed by atoms with E-state index in [0.717, 1.165) is 6.26 Å². The minimum absolute atomic E-state index is 0.00355. The van der Waals surface area contributed by atoms with Crippen molar-refractivity contribution < 1.29 is 13.5 Å². The maximum Gasteiger partial charge on any atom is 0.177 e. The van der Waals surface area contributed by atoms with E-state index in [1.165, 1.54) is 12.1 Å². The van der Waals surface area contributed by atoms with Crippen LogP contribution in [0.25, 0.3) is 10.9 Å². The minimum atomic E-state index is -3.38. The fourth-order valence-corrected chi connectivity index (χ4v) is 3.32. The van der Waals surface area contributed by atoms with Gasteiger partial charge in [0.15, 0.2) is 9.84 Å². The molecule has 0 saturated heterocycles. The quantitative estimate of drug-likeness (QED) is 0.705. The Hall–Kier alpha value is -2.31. The summed E-state index contributed by atoms with van der Waals surface area (Å²) in [7, 11) is -3.38. The van der Waals surface area contributed by atoms with E-state index in [4.69, 9.17) is 11.6 Å². The number of anilines is 2. The molecule has 0 bridgehead atoms. The highest BCUT2D eigenvalue weighted by molar-refractivity contribution is 7.91. The van der Waals surface area contributed by atoms with Crippen LogP contribution >= 0.6 is 11.6 Å². The molecule has 0 unspecified atom stereocenters. The molecule has 0 radical (unpaired) electrons. The first-order valence-electron chi connectivity index (χ1n) is 6.69. The summed E-state index contributed by atoms with van der Waals surface area (Å²) in [6, 6.07) is 11.5. The van der Waals surface area contributed by atoms with Gasteiger partial charge in [0, 0.05) is 29.2 Å². The normalized spacial score (nSPS) is 11.6. The van der Waals surface area contributed by atoms with Crippen LogP contribution in [0.5, 0.6) is 5.75 Å². The molecule has 3 aromatic rings. The number of fused-ring (bicyclic) bond motifs is 1. The number of nitrogens with one attached hydrogen (secondary N) is 1. The lowest BCUT2D eigenvalue weighted by Gasteiger charge is -2.11. The van der Waals surface area contributed by atoms with Gasteiger partial charge in [0.2, 0.25) is 0 Å². The number of hydrogen-bond acceptors (Lipinski definition) is 5. The topological polar surface area (TPSA) is 79.3 Å². The van der Waals surface area contributed by atoms with Crippen LogP contribution in [0.1, 0.15) is 0 Å². The second kappa shape index (κ2) is 5.72. The number of halogens is 1. The Morgan fingerprint density at radius 3 is 2.65 bits per heavy atom. The first kappa shape index (κ1) is 15.6. The highest BCUT2D eigenvalue weighted by atomic mass is 35.5. The van der Waals surface area contributed by atoms with E-state index in [2.05, 4.69) is 10.3 Å². The molecule has 0 aliphatic heterocycles. The molecule has 0 aliphatic carbocycles. The van der Waals surface area contributed by atoms with Crippen LogP contribution in [-0.4, -0.2) is 24.8 Å². The fraction of sp³-hybridized carbons (Fsp3) is 0.0625. The van der Waals surface area contributed by atoms with Gasteiger partial charge in [-0.3, -0.25) is 4.98 Å². The maximum absolute atomic E-state index is 11.9. The molecule has 3 rings (SSSR count). The minimum Gasteiger partial charge on any atom is -0.506 e. The average molecular weight is 349 g/mol. The van der Waals surface area contributed by atoms with Gasteiger partial charge in [0.05, 0.1) is 15.4 Å². The van der Waals surface area contributed by atoms with Crippen molar-refractivity contribution in [3.63, 3.8) is 0 Å². The molecule has 0 aliphatic rings. The van der Waals surface area contributed by atoms with E-state index in [-0.39, 0.29) is 15.7 Å². The summed E-state index contributed by atoms with van der Waals surface area (Å²) in [4.78, 5) is 4.38. The molecule has 0 fully saturated rings. The van der Waals surface area contributed by atoms with Crippen LogP contribution in [0, 0.1) is 0 Å². The van der Waals surface area contributed by atoms with Crippen LogP contribution < -0.4 is 5.32 Å². The second-order valence-corrected chi connectivity index (χ2v) is 7.47. The molecule has 7 heteroatoms. The first-order valence-corrected chi connectivity index (χ1v) is 8.96. The Balaban J connectivity index is 2.13. The van der Waals surface area contributed by atoms with Crippen molar-refractivity contribution in [1.82, 2.24) is 4.98 Å². The highest BCUT2D eigenvalue weighted by Gasteiger charge is 2.14. The zero-order chi connectivity index (χ0) is 16.6. The number of aromatic nitrogens is 1. The summed E-state index contributed by atoms with van der Waals surface area (Å²) in [6.45, 7) is 0. The van der Waals surface area contributed by atoms with E-state index in [1.807, 2.05) is 0 Å². The van der Waals surface area contributed by atoms with Crippen molar-refractivity contribution in [3.05, 3.63) is 53.7 Å². The number of para-hydroxylation sites is 1. The van der Waals surface area contributed by atoms with Crippen molar-refractivity contribution in [1.29, 1.82) is 0 Å². The van der Waals surface area contributed by atoms with Crippen LogP contribution in [0.3, 0.4) is 0 Å². The van der Waals surface area contributed by atoms with Gasteiger partial charge in [-0.25, -0.2) is 8.42 Å². The van der Waals surface area contributed by atoms with Gasteiger partial charge < -0.3 is 10.4 Å². The Morgan fingerprint density at radius 1 is 1.17 bits per heavy atom. The lowest BCUT2D eigenvalue weighted by molar-refractivity contribution is 0.475. The third-order valence-corrected chi connectivity index (χ3v) is 4.79. The first-order chi connectivity index (χ1) is 10.9. The number of pyridine rings is 1. The van der Waals surface area contributed by atoms with Gasteiger partial charge in [-0.15, -0.1) is 0 Å². The van der Waals surface area contributed by atoms with Gasteiger partial charge in [0.25, 0.3) is 0 Å². The Labute approximate surface area is 138 Å². The number of phenolic OH excluding ortho intramolecular Hbond substituents is 1. The number of benzene rings is 2. The molecular weight excluding hydrogens is 336 g/mol. The highest BCUT2D eigenvalue weighted by Crippen LogP contribution is 2.31. The Bertz CT molecular complexity index is 1000. The second-order valence-electron chi connectivity index (χ2n) is 5.07. The molecule has 1 aromatic heterocycles. The van der Waals surface area contributed by atoms with Crippen molar-refractivity contribution >= 4 is 43.7 Å². The van der Waals surface area contributed by atoms with Gasteiger partial charge in [0.1, 0.15) is 5.75 Å².